The third-order valence-electron chi connectivity index (χ3n) is 3.52. The van der Waals surface area contributed by atoms with Crippen molar-refractivity contribution in [1.82, 2.24) is 20.1 Å². The summed E-state index contributed by atoms with van der Waals surface area (Å²) >= 11 is 0. The quantitative estimate of drug-likeness (QED) is 0.781. The number of carbonyl (C=O) groups is 1. The van der Waals surface area contributed by atoms with Crippen LogP contribution in [0.3, 0.4) is 0 Å². The zero-order valence-corrected chi connectivity index (χ0v) is 13.4. The van der Waals surface area contributed by atoms with Crippen molar-refractivity contribution in [3.8, 4) is 5.69 Å². The number of halogens is 1. The third-order valence-corrected chi connectivity index (χ3v) is 3.52. The molecule has 0 aliphatic carbocycles. The van der Waals surface area contributed by atoms with Crippen molar-refractivity contribution >= 4 is 5.91 Å². The van der Waals surface area contributed by atoms with Crippen LogP contribution in [0.2, 0.25) is 0 Å². The van der Waals surface area contributed by atoms with Gasteiger partial charge in [0.05, 0.1) is 11.4 Å². The predicted octanol–water partition coefficient (Wildman–Crippen LogP) is 2.59. The number of benzene rings is 1. The van der Waals surface area contributed by atoms with Crippen LogP contribution < -0.4 is 5.32 Å². The summed E-state index contributed by atoms with van der Waals surface area (Å²) in [6.07, 6.45) is 2.38. The van der Waals surface area contributed by atoms with Crippen molar-refractivity contribution in [1.29, 1.82) is 0 Å². The normalized spacial score (nSPS) is 10.8. The van der Waals surface area contributed by atoms with Gasteiger partial charge in [-0.15, -0.1) is 0 Å². The maximum absolute atomic E-state index is 12.9. The number of aromatic nitrogens is 3. The second-order valence-electron chi connectivity index (χ2n) is 5.37. The first-order chi connectivity index (χ1) is 11.5. The maximum Gasteiger partial charge on any atom is 0.273 e. The molecule has 0 spiro atoms. The van der Waals surface area contributed by atoms with Gasteiger partial charge in [-0.05, 0) is 37.3 Å². The van der Waals surface area contributed by atoms with Crippen LogP contribution in [0.25, 0.3) is 5.69 Å². The van der Waals surface area contributed by atoms with Crippen LogP contribution in [-0.2, 0) is 6.42 Å². The molecule has 1 N–H and O–H groups in total. The van der Waals surface area contributed by atoms with Gasteiger partial charge in [0.25, 0.3) is 5.91 Å². The van der Waals surface area contributed by atoms with Crippen molar-refractivity contribution in [3.63, 3.8) is 0 Å². The molecule has 6 nitrogen and oxygen atoms in total. The monoisotopic (exact) mass is 328 g/mol. The molecule has 1 amide bonds. The van der Waals surface area contributed by atoms with E-state index in [-0.39, 0.29) is 11.7 Å². The van der Waals surface area contributed by atoms with E-state index in [1.807, 2.05) is 6.07 Å². The number of oxazole rings is 1. The molecule has 24 heavy (non-hydrogen) atoms. The molecule has 0 aliphatic rings. The molecule has 3 rings (SSSR count). The molecule has 0 fully saturated rings. The Morgan fingerprint density at radius 3 is 2.67 bits per heavy atom. The second-order valence-corrected chi connectivity index (χ2v) is 5.37. The number of amides is 1. The van der Waals surface area contributed by atoms with Crippen LogP contribution in [0, 0.1) is 19.7 Å². The van der Waals surface area contributed by atoms with Gasteiger partial charge < -0.3 is 9.73 Å². The summed E-state index contributed by atoms with van der Waals surface area (Å²) in [5.41, 5.74) is 1.91. The zero-order valence-electron chi connectivity index (χ0n) is 13.4. The Labute approximate surface area is 138 Å². The molecule has 0 aliphatic heterocycles. The van der Waals surface area contributed by atoms with E-state index in [1.165, 1.54) is 12.1 Å². The van der Waals surface area contributed by atoms with Gasteiger partial charge >= 0.3 is 0 Å². The Bertz CT molecular complexity index is 852. The molecule has 0 saturated carbocycles. The van der Waals surface area contributed by atoms with Crippen LogP contribution in [0.1, 0.15) is 27.8 Å². The fraction of sp³-hybridized carbons (Fsp3) is 0.235. The molecule has 0 bridgehead atoms. The zero-order chi connectivity index (χ0) is 17.1. The number of nitrogens with one attached hydrogen (secondary N) is 1. The topological polar surface area (TPSA) is 73.0 Å². The summed E-state index contributed by atoms with van der Waals surface area (Å²) < 4.78 is 19.9. The minimum atomic E-state index is -0.285. The van der Waals surface area contributed by atoms with Crippen LogP contribution in [0.15, 0.2) is 40.9 Å². The Kier molecular flexibility index (Phi) is 4.41. The predicted molar refractivity (Wildman–Crippen MR) is 85.5 cm³/mol. The lowest BCUT2D eigenvalue weighted by Gasteiger charge is -2.02. The van der Waals surface area contributed by atoms with E-state index in [0.717, 1.165) is 11.4 Å². The number of hydrogen-bond acceptors (Lipinski definition) is 4. The average molecular weight is 328 g/mol. The Morgan fingerprint density at radius 2 is 2.00 bits per heavy atom. The number of rotatable bonds is 5. The standard InChI is InChI=1S/C17H17FN4O2/c1-11-16(20-12(2)24-11)17(23)19-9-7-14-8-10-22(21-14)15-5-3-13(18)4-6-15/h3-6,8,10H,7,9H2,1-2H3,(H,19,23). The van der Waals surface area contributed by atoms with Crippen LogP contribution in [0.4, 0.5) is 4.39 Å². The van der Waals surface area contributed by atoms with Gasteiger partial charge in [0.2, 0.25) is 0 Å². The number of aryl methyl sites for hydroxylation is 2. The van der Waals surface area contributed by atoms with E-state index in [2.05, 4.69) is 15.4 Å². The highest BCUT2D eigenvalue weighted by Crippen LogP contribution is 2.10. The summed E-state index contributed by atoms with van der Waals surface area (Å²) in [6.45, 7) is 3.84. The van der Waals surface area contributed by atoms with Crippen molar-refractivity contribution in [3.05, 3.63) is 65.4 Å². The Morgan fingerprint density at radius 1 is 1.25 bits per heavy atom. The van der Waals surface area contributed by atoms with Crippen LogP contribution in [0.5, 0.6) is 0 Å². The number of hydrogen-bond donors (Lipinski definition) is 1. The average Bonchev–Trinajstić information content (AvgIpc) is 3.14. The summed E-state index contributed by atoms with van der Waals surface area (Å²) in [4.78, 5) is 16.1. The van der Waals surface area contributed by atoms with E-state index in [1.54, 1.807) is 36.9 Å². The molecule has 2 heterocycles. The minimum absolute atomic E-state index is 0.262. The number of carbonyl (C=O) groups excluding carboxylic acids is 1. The molecule has 0 saturated heterocycles. The smallest absolute Gasteiger partial charge is 0.273 e. The molecule has 3 aromatic rings. The van der Waals surface area contributed by atoms with Gasteiger partial charge in [0.1, 0.15) is 11.6 Å². The third kappa shape index (κ3) is 3.51. The lowest BCUT2D eigenvalue weighted by atomic mass is 10.3. The van der Waals surface area contributed by atoms with E-state index >= 15 is 0 Å². The van der Waals surface area contributed by atoms with Crippen LogP contribution in [-0.4, -0.2) is 27.2 Å². The molecule has 0 unspecified atom stereocenters. The van der Waals surface area contributed by atoms with Gasteiger partial charge in [-0.3, -0.25) is 4.79 Å². The SMILES string of the molecule is Cc1nc(C(=O)NCCc2ccn(-c3ccc(F)cc3)n2)c(C)o1. The second kappa shape index (κ2) is 6.66. The summed E-state index contributed by atoms with van der Waals surface area (Å²) in [5.74, 6) is 0.427. The Balaban J connectivity index is 1.57. The van der Waals surface area contributed by atoms with Crippen molar-refractivity contribution in [2.45, 2.75) is 20.3 Å². The summed E-state index contributed by atoms with van der Waals surface area (Å²) in [6, 6.07) is 7.95. The molecule has 7 heteroatoms. The first kappa shape index (κ1) is 15.9. The summed E-state index contributed by atoms with van der Waals surface area (Å²) in [7, 11) is 0. The molecule has 0 atom stereocenters. The van der Waals surface area contributed by atoms with Gasteiger partial charge in [-0.1, -0.05) is 0 Å². The molecule has 0 radical (unpaired) electrons. The first-order valence-electron chi connectivity index (χ1n) is 7.55. The molecular weight excluding hydrogens is 311 g/mol. The van der Waals surface area contributed by atoms with Gasteiger partial charge in [-0.25, -0.2) is 14.1 Å². The van der Waals surface area contributed by atoms with Gasteiger partial charge in [-0.2, -0.15) is 5.10 Å². The highest BCUT2D eigenvalue weighted by molar-refractivity contribution is 5.93. The van der Waals surface area contributed by atoms with Crippen molar-refractivity contribution in [2.75, 3.05) is 6.54 Å². The molecular formula is C17H17FN4O2. The number of nitrogens with zero attached hydrogens (tertiary/aromatic N) is 3. The van der Waals surface area contributed by atoms with Crippen molar-refractivity contribution < 1.29 is 13.6 Å². The van der Waals surface area contributed by atoms with E-state index in [9.17, 15) is 9.18 Å². The van der Waals surface area contributed by atoms with Crippen molar-refractivity contribution in [2.24, 2.45) is 0 Å². The fourth-order valence-electron chi connectivity index (χ4n) is 2.36. The minimum Gasteiger partial charge on any atom is -0.445 e. The lowest BCUT2D eigenvalue weighted by Crippen LogP contribution is -2.26. The molecule has 124 valence electrons. The fourth-order valence-corrected chi connectivity index (χ4v) is 2.36. The molecule has 2 aromatic heterocycles. The first-order valence-corrected chi connectivity index (χ1v) is 7.55. The highest BCUT2D eigenvalue weighted by Gasteiger charge is 2.14. The molecule has 1 aromatic carbocycles. The van der Waals surface area contributed by atoms with E-state index in [4.69, 9.17) is 4.42 Å². The van der Waals surface area contributed by atoms with Crippen LogP contribution >= 0.6 is 0 Å². The highest BCUT2D eigenvalue weighted by atomic mass is 19.1. The largest absolute Gasteiger partial charge is 0.445 e. The Hall–Kier alpha value is -2.96. The van der Waals surface area contributed by atoms with Gasteiger partial charge in [0, 0.05) is 26.1 Å². The summed E-state index contributed by atoms with van der Waals surface area (Å²) in [5, 5.41) is 7.21. The lowest BCUT2D eigenvalue weighted by molar-refractivity contribution is 0.0948. The van der Waals surface area contributed by atoms with E-state index in [0.29, 0.717) is 30.3 Å². The van der Waals surface area contributed by atoms with Gasteiger partial charge in [0.15, 0.2) is 11.6 Å². The van der Waals surface area contributed by atoms with E-state index < -0.39 is 0 Å². The maximum atomic E-state index is 12.9.